The van der Waals surface area contributed by atoms with Gasteiger partial charge < -0.3 is 14.2 Å². The topological polar surface area (TPSA) is 19.6 Å². The summed E-state index contributed by atoms with van der Waals surface area (Å²) in [5.41, 5.74) is 21.3. The maximum atomic E-state index is 6.52. The van der Waals surface area contributed by atoms with Crippen molar-refractivity contribution < 1.29 is 4.42 Å². The van der Waals surface area contributed by atoms with Crippen LogP contribution in [0.15, 0.2) is 144 Å². The summed E-state index contributed by atoms with van der Waals surface area (Å²) in [6.45, 7) is 28.4. The van der Waals surface area contributed by atoms with Gasteiger partial charge in [0, 0.05) is 44.9 Å². The summed E-state index contributed by atoms with van der Waals surface area (Å²) in [5, 5.41) is 2.33. The number of anilines is 6. The molecule has 1 aromatic heterocycles. The first-order chi connectivity index (χ1) is 31.5. The molecule has 0 saturated carbocycles. The molecule has 3 nitrogen and oxygen atoms in total. The maximum absolute atomic E-state index is 6.52. The van der Waals surface area contributed by atoms with Gasteiger partial charge in [0.15, 0.2) is 0 Å². The van der Waals surface area contributed by atoms with Crippen LogP contribution in [0.3, 0.4) is 0 Å². The smallest absolute Gasteiger partial charge is 0.252 e. The summed E-state index contributed by atoms with van der Waals surface area (Å²) in [5.74, 6) is 0. The van der Waals surface area contributed by atoms with Gasteiger partial charge in [-0.2, -0.15) is 0 Å². The summed E-state index contributed by atoms with van der Waals surface area (Å²) in [7, 11) is 0. The van der Waals surface area contributed by atoms with Gasteiger partial charge in [-0.05, 0) is 158 Å². The molecule has 10 rings (SSSR count). The van der Waals surface area contributed by atoms with Gasteiger partial charge in [0.25, 0.3) is 6.71 Å². The third kappa shape index (κ3) is 6.84. The maximum Gasteiger partial charge on any atom is 0.252 e. The van der Waals surface area contributed by atoms with Crippen molar-refractivity contribution in [3.8, 4) is 11.1 Å². The van der Waals surface area contributed by atoms with Crippen LogP contribution < -0.4 is 26.2 Å². The SMILES string of the molecule is CCC(C)(C)c1ccc(N2c3ccc(C(C)(C)CC)cc3B3c4cc(C(C)(C)CC)ccc4N(c4ccc(C(C)(C)CC)c(-c5cccc6oc7ccccc7c56)c4)c4cccc2c43)cc1. The Morgan fingerprint density at radius 3 is 1.52 bits per heavy atom. The van der Waals surface area contributed by atoms with Crippen molar-refractivity contribution in [1.29, 1.82) is 0 Å². The third-order valence-electron chi connectivity index (χ3n) is 16.7. The predicted octanol–water partition coefficient (Wildman–Crippen LogP) is 16.1. The Labute approximate surface area is 395 Å². The second-order valence-electron chi connectivity index (χ2n) is 21.9. The standard InChI is InChI=1S/C62H67BN2O/c1-13-59(5,6)40-27-31-43(32-28-40)64-51-35-29-41(60(7,8)14-2)37-49(51)63-50-38-42(61(9,10)15-3)30-36-52(50)65(54-24-20-23-53(64)58(54)63)44-33-34-48(62(11,12)16-4)47(39-44)45-22-19-26-56-57(45)46-21-17-18-25-55(46)66-56/h17-39H,13-16H2,1-12H3. The lowest BCUT2D eigenvalue weighted by Gasteiger charge is -2.45. The van der Waals surface area contributed by atoms with Gasteiger partial charge in [-0.3, -0.25) is 0 Å². The molecule has 3 heterocycles. The molecule has 334 valence electrons. The highest BCUT2D eigenvalue weighted by Crippen LogP contribution is 2.49. The first-order valence-corrected chi connectivity index (χ1v) is 24.7. The third-order valence-corrected chi connectivity index (χ3v) is 16.7. The van der Waals surface area contributed by atoms with E-state index < -0.39 is 0 Å². The average Bonchev–Trinajstić information content (AvgIpc) is 3.72. The van der Waals surface area contributed by atoms with Crippen LogP contribution in [0.4, 0.5) is 34.1 Å². The Kier molecular flexibility index (Phi) is 10.5. The number of hydrogen-bond acceptors (Lipinski definition) is 3. The van der Waals surface area contributed by atoms with Crippen LogP contribution in [-0.2, 0) is 21.7 Å². The van der Waals surface area contributed by atoms with Crippen LogP contribution in [0.25, 0.3) is 33.1 Å². The van der Waals surface area contributed by atoms with E-state index in [0.29, 0.717) is 0 Å². The normalized spacial score (nSPS) is 13.9. The molecule has 0 bridgehead atoms. The van der Waals surface area contributed by atoms with E-state index in [0.717, 1.165) is 47.9 Å². The van der Waals surface area contributed by atoms with Crippen LogP contribution in [0.2, 0.25) is 0 Å². The van der Waals surface area contributed by atoms with Crippen LogP contribution in [-0.4, -0.2) is 6.71 Å². The molecule has 0 amide bonds. The average molecular weight is 867 g/mol. The predicted molar refractivity (Wildman–Crippen MR) is 286 cm³/mol. The molecule has 2 aliphatic rings. The van der Waals surface area contributed by atoms with E-state index >= 15 is 0 Å². The molecular formula is C62H67BN2O. The molecule has 0 spiro atoms. The fourth-order valence-corrected chi connectivity index (χ4v) is 10.7. The summed E-state index contributed by atoms with van der Waals surface area (Å²) in [6, 6.07) is 53.7. The second-order valence-corrected chi connectivity index (χ2v) is 21.9. The van der Waals surface area contributed by atoms with Gasteiger partial charge in [0.05, 0.1) is 0 Å². The molecule has 8 aromatic rings. The van der Waals surface area contributed by atoms with Crippen molar-refractivity contribution in [3.05, 3.63) is 162 Å². The zero-order chi connectivity index (χ0) is 46.5. The Morgan fingerprint density at radius 2 is 0.924 bits per heavy atom. The number of furan rings is 1. The van der Waals surface area contributed by atoms with E-state index in [1.54, 1.807) is 0 Å². The van der Waals surface area contributed by atoms with Gasteiger partial charge in [-0.15, -0.1) is 0 Å². The molecule has 0 atom stereocenters. The van der Waals surface area contributed by atoms with Gasteiger partial charge in [0.1, 0.15) is 11.2 Å². The first-order valence-electron chi connectivity index (χ1n) is 24.7. The molecule has 0 aliphatic carbocycles. The van der Waals surface area contributed by atoms with E-state index in [9.17, 15) is 0 Å². The molecular weight excluding hydrogens is 800 g/mol. The van der Waals surface area contributed by atoms with Crippen LogP contribution in [0.5, 0.6) is 0 Å². The molecule has 0 fully saturated rings. The molecule has 0 unspecified atom stereocenters. The Morgan fingerprint density at radius 1 is 0.424 bits per heavy atom. The van der Waals surface area contributed by atoms with Crippen LogP contribution >= 0.6 is 0 Å². The molecule has 7 aromatic carbocycles. The van der Waals surface area contributed by atoms with Crippen molar-refractivity contribution in [1.82, 2.24) is 0 Å². The fraction of sp³-hybridized carbons (Fsp3) is 0.323. The lowest BCUT2D eigenvalue weighted by Crippen LogP contribution is -2.61. The largest absolute Gasteiger partial charge is 0.456 e. The minimum atomic E-state index is -0.0664. The Balaban J connectivity index is 1.27. The molecule has 66 heavy (non-hydrogen) atoms. The highest BCUT2D eigenvalue weighted by Gasteiger charge is 2.44. The summed E-state index contributed by atoms with van der Waals surface area (Å²) in [6.07, 6.45) is 4.21. The van der Waals surface area contributed by atoms with Gasteiger partial charge >= 0.3 is 0 Å². The lowest BCUT2D eigenvalue weighted by atomic mass is 9.33. The number of nitrogens with zero attached hydrogens (tertiary/aromatic N) is 2. The van der Waals surface area contributed by atoms with Gasteiger partial charge in [-0.1, -0.05) is 162 Å². The number of benzene rings is 7. The zero-order valence-corrected chi connectivity index (χ0v) is 41.5. The van der Waals surface area contributed by atoms with Crippen molar-refractivity contribution in [3.63, 3.8) is 0 Å². The number of fused-ring (bicyclic) bond motifs is 7. The zero-order valence-electron chi connectivity index (χ0n) is 41.5. The molecule has 2 aliphatic heterocycles. The Hall–Kier alpha value is -6.00. The summed E-state index contributed by atoms with van der Waals surface area (Å²) in [4.78, 5) is 5.14. The van der Waals surface area contributed by atoms with E-state index in [4.69, 9.17) is 4.42 Å². The molecule has 0 saturated heterocycles. The van der Waals surface area contributed by atoms with Gasteiger partial charge in [-0.25, -0.2) is 0 Å². The number of hydrogen-bond donors (Lipinski definition) is 0. The highest BCUT2D eigenvalue weighted by molar-refractivity contribution is 7.00. The van der Waals surface area contributed by atoms with Crippen molar-refractivity contribution >= 4 is 79.2 Å². The fourth-order valence-electron chi connectivity index (χ4n) is 10.7. The minimum absolute atomic E-state index is 0.00977. The van der Waals surface area contributed by atoms with E-state index in [-0.39, 0.29) is 28.4 Å². The van der Waals surface area contributed by atoms with E-state index in [1.165, 1.54) is 83.6 Å². The van der Waals surface area contributed by atoms with E-state index in [1.807, 2.05) is 0 Å². The lowest BCUT2D eigenvalue weighted by molar-refractivity contribution is 0.506. The number of rotatable bonds is 11. The first kappa shape index (κ1) is 43.9. The molecule has 0 N–H and O–H groups in total. The minimum Gasteiger partial charge on any atom is -0.456 e. The quantitative estimate of drug-likeness (QED) is 0.121. The van der Waals surface area contributed by atoms with Crippen molar-refractivity contribution in [2.24, 2.45) is 0 Å². The van der Waals surface area contributed by atoms with Crippen LogP contribution in [0, 0.1) is 0 Å². The van der Waals surface area contributed by atoms with Gasteiger partial charge in [0.2, 0.25) is 0 Å². The molecule has 0 radical (unpaired) electrons. The van der Waals surface area contributed by atoms with Crippen molar-refractivity contribution in [2.45, 2.75) is 130 Å². The van der Waals surface area contributed by atoms with Crippen LogP contribution in [0.1, 0.15) is 131 Å². The van der Waals surface area contributed by atoms with Crippen molar-refractivity contribution in [2.75, 3.05) is 9.80 Å². The second kappa shape index (κ2) is 15.8. The Bertz CT molecular complexity index is 3160. The monoisotopic (exact) mass is 867 g/mol. The summed E-state index contributed by atoms with van der Waals surface area (Å²) < 4.78 is 6.52. The highest BCUT2D eigenvalue weighted by atomic mass is 16.3. The molecule has 4 heteroatoms. The number of para-hydroxylation sites is 1. The van der Waals surface area contributed by atoms with E-state index in [2.05, 4.69) is 232 Å². The summed E-state index contributed by atoms with van der Waals surface area (Å²) >= 11 is 0.